The molecule has 2 aliphatic rings. The minimum Gasteiger partial charge on any atom is -0.462 e. The SMILES string of the molecule is CCOC(=O)c1ccc2c(c1)[C@@H]1C=CC[C@H]1[C@@H](c1ccccc1F)N2. The molecule has 2 aromatic rings. The molecule has 1 N–H and O–H groups in total. The first-order chi connectivity index (χ1) is 12.2. The molecule has 0 spiro atoms. The van der Waals surface area contributed by atoms with Crippen LogP contribution in [0, 0.1) is 11.7 Å². The number of rotatable bonds is 3. The zero-order valence-electron chi connectivity index (χ0n) is 14.0. The third-order valence-corrected chi connectivity index (χ3v) is 5.11. The Bertz CT molecular complexity index is 846. The summed E-state index contributed by atoms with van der Waals surface area (Å²) in [6.45, 7) is 2.15. The normalized spacial score (nSPS) is 23.5. The predicted molar refractivity (Wildman–Crippen MR) is 95.2 cm³/mol. The lowest BCUT2D eigenvalue weighted by molar-refractivity contribution is 0.0526. The molecule has 1 aliphatic carbocycles. The van der Waals surface area contributed by atoms with Gasteiger partial charge in [0.25, 0.3) is 0 Å². The van der Waals surface area contributed by atoms with Crippen molar-refractivity contribution in [3.8, 4) is 0 Å². The van der Waals surface area contributed by atoms with Gasteiger partial charge in [-0.15, -0.1) is 0 Å². The summed E-state index contributed by atoms with van der Waals surface area (Å²) in [4.78, 5) is 12.0. The number of hydrogen-bond acceptors (Lipinski definition) is 3. The molecule has 4 heteroatoms. The minimum atomic E-state index is -0.306. The van der Waals surface area contributed by atoms with Gasteiger partial charge < -0.3 is 10.1 Å². The van der Waals surface area contributed by atoms with E-state index >= 15 is 0 Å². The Balaban J connectivity index is 1.74. The topological polar surface area (TPSA) is 38.3 Å². The highest BCUT2D eigenvalue weighted by atomic mass is 19.1. The molecule has 0 saturated carbocycles. The summed E-state index contributed by atoms with van der Waals surface area (Å²) < 4.78 is 19.4. The van der Waals surface area contributed by atoms with Gasteiger partial charge >= 0.3 is 5.97 Å². The van der Waals surface area contributed by atoms with Crippen LogP contribution in [0.15, 0.2) is 54.6 Å². The molecule has 1 aliphatic heterocycles. The van der Waals surface area contributed by atoms with Crippen LogP contribution in [0.4, 0.5) is 10.1 Å². The van der Waals surface area contributed by atoms with Crippen molar-refractivity contribution in [3.05, 3.63) is 77.1 Å². The number of hydrogen-bond donors (Lipinski definition) is 1. The smallest absolute Gasteiger partial charge is 0.338 e. The summed E-state index contributed by atoms with van der Waals surface area (Å²) in [6.07, 6.45) is 5.21. The van der Waals surface area contributed by atoms with Gasteiger partial charge in [0.1, 0.15) is 5.82 Å². The molecule has 0 radical (unpaired) electrons. The fraction of sp³-hybridized carbons (Fsp3) is 0.286. The third kappa shape index (κ3) is 2.72. The van der Waals surface area contributed by atoms with E-state index in [4.69, 9.17) is 4.74 Å². The van der Waals surface area contributed by atoms with Gasteiger partial charge in [-0.25, -0.2) is 9.18 Å². The van der Waals surface area contributed by atoms with Gasteiger partial charge in [0.05, 0.1) is 18.2 Å². The number of fused-ring (bicyclic) bond motifs is 3. The van der Waals surface area contributed by atoms with Crippen LogP contribution in [0.5, 0.6) is 0 Å². The molecule has 0 bridgehead atoms. The number of benzene rings is 2. The Kier molecular flexibility index (Phi) is 4.04. The molecule has 128 valence electrons. The van der Waals surface area contributed by atoms with E-state index in [1.165, 1.54) is 6.07 Å². The van der Waals surface area contributed by atoms with E-state index < -0.39 is 0 Å². The van der Waals surface area contributed by atoms with E-state index in [-0.39, 0.29) is 29.7 Å². The average Bonchev–Trinajstić information content (AvgIpc) is 3.11. The average molecular weight is 337 g/mol. The van der Waals surface area contributed by atoms with Crippen LogP contribution in [0.3, 0.4) is 0 Å². The van der Waals surface area contributed by atoms with Gasteiger partial charge in [-0.1, -0.05) is 30.4 Å². The fourth-order valence-corrected chi connectivity index (χ4v) is 3.97. The van der Waals surface area contributed by atoms with Crippen molar-refractivity contribution >= 4 is 11.7 Å². The van der Waals surface area contributed by atoms with E-state index in [1.807, 2.05) is 24.3 Å². The summed E-state index contributed by atoms with van der Waals surface area (Å²) >= 11 is 0. The van der Waals surface area contributed by atoms with Gasteiger partial charge in [0.2, 0.25) is 0 Å². The third-order valence-electron chi connectivity index (χ3n) is 5.11. The first-order valence-corrected chi connectivity index (χ1v) is 8.67. The summed E-state index contributed by atoms with van der Waals surface area (Å²) in [7, 11) is 0. The molecule has 0 amide bonds. The van der Waals surface area contributed by atoms with Crippen molar-refractivity contribution in [2.45, 2.75) is 25.3 Å². The van der Waals surface area contributed by atoms with E-state index in [2.05, 4.69) is 17.5 Å². The lowest BCUT2D eigenvalue weighted by Gasteiger charge is -2.37. The molecule has 0 unspecified atom stereocenters. The Morgan fingerprint density at radius 3 is 2.88 bits per heavy atom. The molecule has 25 heavy (non-hydrogen) atoms. The standard InChI is InChI=1S/C21H20FNO2/c1-2-25-21(24)13-10-11-19-17(12-13)14-7-5-8-15(14)20(23-19)16-6-3-4-9-18(16)22/h3-7,9-12,14-15,20,23H,2,8H2,1H3/t14-,15-,20+/m1/s1. The number of nitrogens with one attached hydrogen (secondary N) is 1. The maximum Gasteiger partial charge on any atom is 0.338 e. The lowest BCUT2D eigenvalue weighted by Crippen LogP contribution is -2.30. The van der Waals surface area contributed by atoms with E-state index in [0.717, 1.165) is 17.7 Å². The van der Waals surface area contributed by atoms with E-state index in [1.54, 1.807) is 19.1 Å². The Hall–Kier alpha value is -2.62. The van der Waals surface area contributed by atoms with Crippen LogP contribution >= 0.6 is 0 Å². The Morgan fingerprint density at radius 2 is 2.08 bits per heavy atom. The van der Waals surface area contributed by atoms with Crippen LogP contribution in [0.1, 0.15) is 46.8 Å². The highest BCUT2D eigenvalue weighted by Gasteiger charge is 2.39. The van der Waals surface area contributed by atoms with Crippen LogP contribution in [-0.2, 0) is 4.74 Å². The lowest BCUT2D eigenvalue weighted by atomic mass is 9.76. The van der Waals surface area contributed by atoms with Crippen molar-refractivity contribution in [1.82, 2.24) is 0 Å². The summed E-state index contributed by atoms with van der Waals surface area (Å²) in [6, 6.07) is 12.4. The second-order valence-corrected chi connectivity index (χ2v) is 6.52. The summed E-state index contributed by atoms with van der Waals surface area (Å²) in [5.74, 6) is -0.0747. The molecule has 4 rings (SSSR count). The Labute approximate surface area is 146 Å². The molecular formula is C21H20FNO2. The largest absolute Gasteiger partial charge is 0.462 e. The number of halogens is 1. The van der Waals surface area contributed by atoms with E-state index in [0.29, 0.717) is 17.7 Å². The maximum absolute atomic E-state index is 14.3. The number of allylic oxidation sites excluding steroid dienone is 2. The fourth-order valence-electron chi connectivity index (χ4n) is 3.97. The number of anilines is 1. The zero-order chi connectivity index (χ0) is 17.4. The molecule has 0 saturated heterocycles. The first-order valence-electron chi connectivity index (χ1n) is 8.67. The number of esters is 1. The van der Waals surface area contributed by atoms with Crippen molar-refractivity contribution in [2.24, 2.45) is 5.92 Å². The number of carbonyl (C=O) groups excluding carboxylic acids is 1. The quantitative estimate of drug-likeness (QED) is 0.644. The molecule has 0 aromatic heterocycles. The van der Waals surface area contributed by atoms with Gasteiger partial charge in [0, 0.05) is 17.2 Å². The maximum atomic E-state index is 14.3. The minimum absolute atomic E-state index is 0.0813. The molecule has 3 atom stereocenters. The second-order valence-electron chi connectivity index (χ2n) is 6.52. The van der Waals surface area contributed by atoms with Crippen molar-refractivity contribution in [2.75, 3.05) is 11.9 Å². The van der Waals surface area contributed by atoms with Crippen LogP contribution in [0.25, 0.3) is 0 Å². The van der Waals surface area contributed by atoms with E-state index in [9.17, 15) is 9.18 Å². The monoisotopic (exact) mass is 337 g/mol. The van der Waals surface area contributed by atoms with Gasteiger partial charge in [-0.3, -0.25) is 0 Å². The second kappa shape index (κ2) is 6.36. The highest BCUT2D eigenvalue weighted by Crippen LogP contribution is 2.50. The van der Waals surface area contributed by atoms with Crippen LogP contribution in [-0.4, -0.2) is 12.6 Å². The van der Waals surface area contributed by atoms with Crippen molar-refractivity contribution in [3.63, 3.8) is 0 Å². The van der Waals surface area contributed by atoms with Crippen molar-refractivity contribution < 1.29 is 13.9 Å². The number of carbonyl (C=O) groups is 1. The number of ether oxygens (including phenoxy) is 1. The molecule has 0 fully saturated rings. The molecule has 2 aromatic carbocycles. The van der Waals surface area contributed by atoms with Gasteiger partial charge in [-0.05, 0) is 49.1 Å². The molecule has 1 heterocycles. The van der Waals surface area contributed by atoms with Gasteiger partial charge in [0.15, 0.2) is 0 Å². The predicted octanol–water partition coefficient (Wildman–Crippen LogP) is 4.83. The summed E-state index contributed by atoms with van der Waals surface area (Å²) in [5.41, 5.74) is 3.29. The Morgan fingerprint density at radius 1 is 1.24 bits per heavy atom. The molecule has 3 nitrogen and oxygen atoms in total. The van der Waals surface area contributed by atoms with Gasteiger partial charge in [-0.2, -0.15) is 0 Å². The van der Waals surface area contributed by atoms with Crippen LogP contribution in [0.2, 0.25) is 0 Å². The zero-order valence-corrected chi connectivity index (χ0v) is 14.0. The van der Waals surface area contributed by atoms with Crippen molar-refractivity contribution in [1.29, 1.82) is 0 Å². The van der Waals surface area contributed by atoms with Crippen LogP contribution < -0.4 is 5.32 Å². The molecular weight excluding hydrogens is 317 g/mol. The highest BCUT2D eigenvalue weighted by molar-refractivity contribution is 5.90. The summed E-state index contributed by atoms with van der Waals surface area (Å²) in [5, 5.41) is 3.49. The first kappa shape index (κ1) is 15.9.